The van der Waals surface area contributed by atoms with Crippen molar-refractivity contribution < 1.29 is 17.9 Å². The number of rotatable bonds is 6. The van der Waals surface area contributed by atoms with Crippen molar-refractivity contribution in [3.8, 4) is 5.88 Å². The van der Waals surface area contributed by atoms with Gasteiger partial charge < -0.3 is 9.64 Å². The molecule has 0 amide bonds. The summed E-state index contributed by atoms with van der Waals surface area (Å²) in [5.41, 5.74) is 1.01. The first-order valence-corrected chi connectivity index (χ1v) is 7.76. The molecule has 2 aromatic rings. The zero-order chi connectivity index (χ0) is 17.7. The van der Waals surface area contributed by atoms with Crippen LogP contribution in [0.1, 0.15) is 31.4 Å². The van der Waals surface area contributed by atoms with Gasteiger partial charge in [0, 0.05) is 18.4 Å². The van der Waals surface area contributed by atoms with E-state index in [2.05, 4.69) is 16.9 Å². The van der Waals surface area contributed by atoms with Gasteiger partial charge in [0.1, 0.15) is 5.56 Å². The highest BCUT2D eigenvalue weighted by Gasteiger charge is 2.36. The molecule has 0 spiro atoms. The number of ether oxygens (including phenoxy) is 1. The van der Waals surface area contributed by atoms with Crippen molar-refractivity contribution >= 4 is 11.6 Å². The third-order valence-corrected chi connectivity index (χ3v) is 3.60. The highest BCUT2D eigenvalue weighted by molar-refractivity contribution is 5.62. The molecule has 0 aliphatic carbocycles. The Morgan fingerprint density at radius 1 is 1.17 bits per heavy atom. The van der Waals surface area contributed by atoms with E-state index in [1.54, 1.807) is 4.90 Å². The molecule has 0 unspecified atom stereocenters. The van der Waals surface area contributed by atoms with Gasteiger partial charge in [-0.2, -0.15) is 18.2 Å². The Bertz CT molecular complexity index is 689. The van der Waals surface area contributed by atoms with Crippen molar-refractivity contribution in [2.75, 3.05) is 18.6 Å². The molecule has 130 valence electrons. The molecule has 4 nitrogen and oxygen atoms in total. The quantitative estimate of drug-likeness (QED) is 0.770. The van der Waals surface area contributed by atoms with Gasteiger partial charge in [0.15, 0.2) is 0 Å². The van der Waals surface area contributed by atoms with E-state index in [-0.39, 0.29) is 5.95 Å². The molecule has 0 N–H and O–H groups in total. The van der Waals surface area contributed by atoms with Gasteiger partial charge in [0.25, 0.3) is 0 Å². The van der Waals surface area contributed by atoms with E-state index in [4.69, 9.17) is 4.74 Å². The summed E-state index contributed by atoms with van der Waals surface area (Å²) >= 11 is 0. The van der Waals surface area contributed by atoms with E-state index >= 15 is 0 Å². The number of aryl methyl sites for hydroxylation is 1. The van der Waals surface area contributed by atoms with Gasteiger partial charge in [-0.05, 0) is 25.0 Å². The van der Waals surface area contributed by atoms with Crippen molar-refractivity contribution in [2.24, 2.45) is 0 Å². The third kappa shape index (κ3) is 3.77. The fourth-order valence-corrected chi connectivity index (χ4v) is 2.51. The highest BCUT2D eigenvalue weighted by Crippen LogP contribution is 2.36. The van der Waals surface area contributed by atoms with Crippen LogP contribution >= 0.6 is 0 Å². The van der Waals surface area contributed by atoms with Crippen LogP contribution in [0.4, 0.5) is 24.8 Å². The average Bonchev–Trinajstić information content (AvgIpc) is 2.56. The molecule has 0 saturated heterocycles. The normalized spacial score (nSPS) is 11.4. The highest BCUT2D eigenvalue weighted by atomic mass is 19.4. The van der Waals surface area contributed by atoms with E-state index < -0.39 is 17.6 Å². The van der Waals surface area contributed by atoms with Crippen molar-refractivity contribution in [2.45, 2.75) is 32.9 Å². The van der Waals surface area contributed by atoms with Gasteiger partial charge in [-0.1, -0.05) is 31.5 Å². The first-order valence-electron chi connectivity index (χ1n) is 7.76. The van der Waals surface area contributed by atoms with Crippen molar-refractivity contribution in [3.63, 3.8) is 0 Å². The number of hydrogen-bond acceptors (Lipinski definition) is 4. The SMILES string of the molecule is CCCc1ccccc1N(CC)c1ncc(C(F)(F)F)c(OC)n1. The van der Waals surface area contributed by atoms with Crippen LogP contribution in [0.2, 0.25) is 0 Å². The van der Waals surface area contributed by atoms with Crippen LogP contribution in [-0.4, -0.2) is 23.6 Å². The summed E-state index contributed by atoms with van der Waals surface area (Å²) in [7, 11) is 1.17. The van der Waals surface area contributed by atoms with Crippen molar-refractivity contribution in [1.82, 2.24) is 9.97 Å². The summed E-state index contributed by atoms with van der Waals surface area (Å²) in [5.74, 6) is -0.287. The molecular weight excluding hydrogens is 319 g/mol. The van der Waals surface area contributed by atoms with E-state index in [1.807, 2.05) is 31.2 Å². The Morgan fingerprint density at radius 3 is 2.46 bits per heavy atom. The van der Waals surface area contributed by atoms with Crippen molar-refractivity contribution in [3.05, 3.63) is 41.6 Å². The Labute approximate surface area is 139 Å². The molecular formula is C17H20F3N3O. The largest absolute Gasteiger partial charge is 0.480 e. The lowest BCUT2D eigenvalue weighted by Crippen LogP contribution is -2.21. The number of nitrogens with zero attached hydrogens (tertiary/aromatic N) is 3. The zero-order valence-electron chi connectivity index (χ0n) is 13.9. The molecule has 0 bridgehead atoms. The number of alkyl halides is 3. The number of para-hydroxylation sites is 1. The minimum absolute atomic E-state index is 0.186. The third-order valence-electron chi connectivity index (χ3n) is 3.60. The zero-order valence-corrected chi connectivity index (χ0v) is 13.9. The van der Waals surface area contributed by atoms with Crippen LogP contribution in [0, 0.1) is 0 Å². The summed E-state index contributed by atoms with van der Waals surface area (Å²) in [6, 6.07) is 7.75. The molecule has 1 aromatic carbocycles. The number of hydrogen-bond donors (Lipinski definition) is 0. The molecule has 0 fully saturated rings. The summed E-state index contributed by atoms with van der Waals surface area (Å²) in [6.45, 7) is 4.50. The molecule has 0 atom stereocenters. The summed E-state index contributed by atoms with van der Waals surface area (Å²) in [5, 5.41) is 0. The molecule has 0 saturated carbocycles. The minimum atomic E-state index is -4.55. The Balaban J connectivity index is 2.49. The second-order valence-corrected chi connectivity index (χ2v) is 5.21. The van der Waals surface area contributed by atoms with Crippen LogP contribution in [0.25, 0.3) is 0 Å². The fraction of sp³-hybridized carbons (Fsp3) is 0.412. The number of anilines is 2. The van der Waals surface area contributed by atoms with Gasteiger partial charge in [-0.25, -0.2) is 4.98 Å². The minimum Gasteiger partial charge on any atom is -0.480 e. The van der Waals surface area contributed by atoms with E-state index in [1.165, 1.54) is 7.11 Å². The lowest BCUT2D eigenvalue weighted by molar-refractivity contribution is -0.139. The Kier molecular flexibility index (Phi) is 5.64. The second-order valence-electron chi connectivity index (χ2n) is 5.21. The van der Waals surface area contributed by atoms with Gasteiger partial charge >= 0.3 is 6.18 Å². The Hall–Kier alpha value is -2.31. The maximum absolute atomic E-state index is 13.0. The predicted molar refractivity (Wildman–Crippen MR) is 86.7 cm³/mol. The monoisotopic (exact) mass is 339 g/mol. The molecule has 0 aliphatic rings. The van der Waals surface area contributed by atoms with Gasteiger partial charge in [0.2, 0.25) is 11.8 Å². The van der Waals surface area contributed by atoms with E-state index in [9.17, 15) is 13.2 Å². The first kappa shape index (κ1) is 18.0. The predicted octanol–water partition coefficient (Wildman–Crippen LogP) is 4.61. The summed E-state index contributed by atoms with van der Waals surface area (Å²) in [4.78, 5) is 9.68. The number of methoxy groups -OCH3 is 1. The maximum atomic E-state index is 13.0. The number of benzene rings is 1. The smallest absolute Gasteiger partial charge is 0.423 e. The number of aromatic nitrogens is 2. The van der Waals surface area contributed by atoms with Crippen LogP contribution in [0.3, 0.4) is 0 Å². The maximum Gasteiger partial charge on any atom is 0.423 e. The van der Waals surface area contributed by atoms with Gasteiger partial charge in [0.05, 0.1) is 7.11 Å². The first-order chi connectivity index (χ1) is 11.4. The van der Waals surface area contributed by atoms with Crippen LogP contribution in [0.15, 0.2) is 30.5 Å². The van der Waals surface area contributed by atoms with Crippen molar-refractivity contribution in [1.29, 1.82) is 0 Å². The molecule has 1 heterocycles. The van der Waals surface area contributed by atoms with E-state index in [0.717, 1.165) is 30.3 Å². The molecule has 1 aromatic heterocycles. The Morgan fingerprint density at radius 2 is 1.88 bits per heavy atom. The molecule has 7 heteroatoms. The number of halogens is 3. The van der Waals surface area contributed by atoms with Crippen LogP contribution in [0.5, 0.6) is 5.88 Å². The fourth-order valence-electron chi connectivity index (χ4n) is 2.51. The van der Waals surface area contributed by atoms with Gasteiger partial charge in [-0.3, -0.25) is 0 Å². The molecule has 0 radical (unpaired) electrons. The second kappa shape index (κ2) is 7.51. The molecule has 24 heavy (non-hydrogen) atoms. The summed E-state index contributed by atoms with van der Waals surface area (Å²) < 4.78 is 43.7. The van der Waals surface area contributed by atoms with Gasteiger partial charge in [-0.15, -0.1) is 0 Å². The van der Waals surface area contributed by atoms with Crippen LogP contribution in [-0.2, 0) is 12.6 Å². The lowest BCUT2D eigenvalue weighted by atomic mass is 10.1. The standard InChI is InChI=1S/C17H20F3N3O/c1-4-8-12-9-6-7-10-14(12)23(5-2)16-21-11-13(17(18,19)20)15(22-16)24-3/h6-7,9-11H,4-5,8H2,1-3H3. The summed E-state index contributed by atoms with van der Waals surface area (Å²) in [6.07, 6.45) is -1.95. The lowest BCUT2D eigenvalue weighted by Gasteiger charge is -2.24. The molecule has 0 aliphatic heterocycles. The average molecular weight is 339 g/mol. The molecule has 2 rings (SSSR count). The van der Waals surface area contributed by atoms with E-state index in [0.29, 0.717) is 6.54 Å². The topological polar surface area (TPSA) is 38.2 Å². The van der Waals surface area contributed by atoms with Crippen LogP contribution < -0.4 is 9.64 Å².